The van der Waals surface area contributed by atoms with Crippen molar-refractivity contribution >= 4 is 11.8 Å². The van der Waals surface area contributed by atoms with Crippen LogP contribution >= 0.6 is 0 Å². The van der Waals surface area contributed by atoms with Crippen LogP contribution in [0.1, 0.15) is 28.5 Å². The Morgan fingerprint density at radius 1 is 0.900 bits per heavy atom. The Balaban J connectivity index is 1.93. The van der Waals surface area contributed by atoms with E-state index in [0.717, 1.165) is 11.0 Å². The van der Waals surface area contributed by atoms with Gasteiger partial charge in [-0.1, -0.05) is 0 Å². The number of carbonyl (C=O) groups is 2. The normalized spacial score (nSPS) is 15.4. The van der Waals surface area contributed by atoms with Crippen LogP contribution < -0.4 is 0 Å². The Hall–Kier alpha value is -3.12. The number of amides is 2. The van der Waals surface area contributed by atoms with Crippen LogP contribution in [0.15, 0.2) is 24.5 Å². The second-order valence-corrected chi connectivity index (χ2v) is 6.52. The van der Waals surface area contributed by atoms with Crippen LogP contribution in [-0.2, 0) is 17.1 Å². The number of aromatic nitrogens is 3. The number of hydrogen-bond acceptors (Lipinski definition) is 4. The van der Waals surface area contributed by atoms with Gasteiger partial charge in [0, 0.05) is 39.3 Å². The van der Waals surface area contributed by atoms with Crippen molar-refractivity contribution in [3.63, 3.8) is 0 Å². The molecule has 3 heterocycles. The topological polar surface area (TPSA) is 71.3 Å². The first-order valence-corrected chi connectivity index (χ1v) is 8.63. The molecule has 162 valence electrons. The van der Waals surface area contributed by atoms with Gasteiger partial charge in [-0.2, -0.15) is 31.4 Å². The van der Waals surface area contributed by atoms with Crippen molar-refractivity contribution in [3.05, 3.63) is 41.3 Å². The number of pyridine rings is 1. The molecule has 13 heteroatoms. The Morgan fingerprint density at radius 2 is 1.50 bits per heavy atom. The summed E-state index contributed by atoms with van der Waals surface area (Å²) in [7, 11) is 0. The minimum absolute atomic E-state index is 0.0411. The molecule has 1 aliphatic heterocycles. The lowest BCUT2D eigenvalue weighted by Gasteiger charge is -2.34. The van der Waals surface area contributed by atoms with Crippen molar-refractivity contribution in [1.29, 1.82) is 0 Å². The summed E-state index contributed by atoms with van der Waals surface area (Å²) in [4.78, 5) is 30.1. The van der Waals surface area contributed by atoms with E-state index in [-0.39, 0.29) is 32.1 Å². The summed E-state index contributed by atoms with van der Waals surface area (Å²) in [6.45, 7) is 1.78. The SMILES string of the molecule is CC(=O)N1CCN(C(=O)c2cnn(-c3ccc(C(F)(F)F)cn3)c2C(F)(F)F)CC1. The molecule has 0 radical (unpaired) electrons. The van der Waals surface area contributed by atoms with E-state index in [9.17, 15) is 35.9 Å². The molecule has 2 aromatic rings. The average Bonchev–Trinajstić information content (AvgIpc) is 3.12. The lowest BCUT2D eigenvalue weighted by molar-refractivity contribution is -0.143. The molecular formula is C17H15F6N5O2. The number of hydrogen-bond donors (Lipinski definition) is 0. The summed E-state index contributed by atoms with van der Waals surface area (Å²) in [5.41, 5.74) is -3.32. The van der Waals surface area contributed by atoms with E-state index >= 15 is 0 Å². The van der Waals surface area contributed by atoms with Gasteiger partial charge < -0.3 is 9.80 Å². The third-order valence-electron chi connectivity index (χ3n) is 4.57. The van der Waals surface area contributed by atoms with Crippen molar-refractivity contribution in [2.75, 3.05) is 26.2 Å². The number of halogens is 6. The van der Waals surface area contributed by atoms with Crippen LogP contribution in [0.25, 0.3) is 5.82 Å². The number of rotatable bonds is 2. The first kappa shape index (κ1) is 21.6. The second-order valence-electron chi connectivity index (χ2n) is 6.52. The molecule has 0 bridgehead atoms. The predicted molar refractivity (Wildman–Crippen MR) is 89.5 cm³/mol. The van der Waals surface area contributed by atoms with E-state index in [4.69, 9.17) is 0 Å². The molecule has 1 saturated heterocycles. The predicted octanol–water partition coefficient (Wildman–Crippen LogP) is 2.61. The van der Waals surface area contributed by atoms with E-state index in [1.165, 1.54) is 11.8 Å². The standard InChI is InChI=1S/C17H15F6N5O2/c1-10(29)26-4-6-27(7-5-26)15(30)12-9-25-28(14(12)17(21,22)23)13-3-2-11(8-24-13)16(18,19)20/h2-3,8-9H,4-7H2,1H3. The van der Waals surface area contributed by atoms with Crippen LogP contribution in [0.5, 0.6) is 0 Å². The van der Waals surface area contributed by atoms with Gasteiger partial charge in [0.1, 0.15) is 0 Å². The maximum atomic E-state index is 13.7. The lowest BCUT2D eigenvalue weighted by Crippen LogP contribution is -2.50. The maximum Gasteiger partial charge on any atom is 0.434 e. The monoisotopic (exact) mass is 435 g/mol. The molecule has 0 unspecified atom stereocenters. The van der Waals surface area contributed by atoms with Crippen molar-refractivity contribution in [1.82, 2.24) is 24.6 Å². The third kappa shape index (κ3) is 4.24. The van der Waals surface area contributed by atoms with E-state index in [2.05, 4.69) is 10.1 Å². The highest BCUT2D eigenvalue weighted by Gasteiger charge is 2.42. The van der Waals surface area contributed by atoms with Gasteiger partial charge in [0.05, 0.1) is 17.3 Å². The Kier molecular flexibility index (Phi) is 5.48. The summed E-state index contributed by atoms with van der Waals surface area (Å²) in [6, 6.07) is 1.32. The summed E-state index contributed by atoms with van der Waals surface area (Å²) in [5.74, 6) is -1.67. The van der Waals surface area contributed by atoms with Crippen LogP contribution in [0.3, 0.4) is 0 Å². The zero-order valence-corrected chi connectivity index (χ0v) is 15.5. The molecule has 30 heavy (non-hydrogen) atoms. The van der Waals surface area contributed by atoms with Gasteiger partial charge in [0.25, 0.3) is 5.91 Å². The number of piperazine rings is 1. The van der Waals surface area contributed by atoms with E-state index in [1.807, 2.05) is 0 Å². The molecule has 2 aromatic heterocycles. The molecule has 3 rings (SSSR count). The van der Waals surface area contributed by atoms with Gasteiger partial charge in [0.15, 0.2) is 11.5 Å². The molecule has 0 aliphatic carbocycles. The number of alkyl halides is 6. The molecule has 2 amide bonds. The fourth-order valence-electron chi connectivity index (χ4n) is 3.03. The highest BCUT2D eigenvalue weighted by Crippen LogP contribution is 2.35. The molecule has 7 nitrogen and oxygen atoms in total. The molecular weight excluding hydrogens is 420 g/mol. The van der Waals surface area contributed by atoms with Crippen molar-refractivity contribution < 1.29 is 35.9 Å². The minimum Gasteiger partial charge on any atom is -0.339 e. The summed E-state index contributed by atoms with van der Waals surface area (Å²) >= 11 is 0. The smallest absolute Gasteiger partial charge is 0.339 e. The Labute approximate surface area is 165 Å². The van der Waals surface area contributed by atoms with E-state index in [1.54, 1.807) is 0 Å². The highest BCUT2D eigenvalue weighted by molar-refractivity contribution is 5.95. The average molecular weight is 435 g/mol. The molecule has 0 aromatic carbocycles. The molecule has 1 aliphatic rings. The highest BCUT2D eigenvalue weighted by atomic mass is 19.4. The van der Waals surface area contributed by atoms with Crippen LogP contribution in [-0.4, -0.2) is 62.6 Å². The zero-order valence-electron chi connectivity index (χ0n) is 15.5. The van der Waals surface area contributed by atoms with Gasteiger partial charge in [-0.25, -0.2) is 9.67 Å². The quantitative estimate of drug-likeness (QED) is 0.680. The summed E-state index contributed by atoms with van der Waals surface area (Å²) in [6.07, 6.45) is -8.62. The number of nitrogens with zero attached hydrogens (tertiary/aromatic N) is 5. The molecule has 0 atom stereocenters. The first-order valence-electron chi connectivity index (χ1n) is 8.63. The summed E-state index contributed by atoms with van der Waals surface area (Å²) < 4.78 is 79.4. The first-order chi connectivity index (χ1) is 13.9. The van der Waals surface area contributed by atoms with Gasteiger partial charge >= 0.3 is 12.4 Å². The van der Waals surface area contributed by atoms with E-state index < -0.39 is 40.9 Å². The molecule has 1 fully saturated rings. The van der Waals surface area contributed by atoms with Crippen LogP contribution in [0.2, 0.25) is 0 Å². The largest absolute Gasteiger partial charge is 0.434 e. The van der Waals surface area contributed by atoms with E-state index in [0.29, 0.717) is 23.1 Å². The fourth-order valence-corrected chi connectivity index (χ4v) is 3.03. The summed E-state index contributed by atoms with van der Waals surface area (Å²) in [5, 5.41) is 3.54. The second kappa shape index (κ2) is 7.61. The van der Waals surface area contributed by atoms with Gasteiger partial charge in [0.2, 0.25) is 5.91 Å². The molecule has 0 N–H and O–H groups in total. The van der Waals surface area contributed by atoms with Gasteiger partial charge in [-0.3, -0.25) is 9.59 Å². The molecule has 0 spiro atoms. The van der Waals surface area contributed by atoms with Crippen molar-refractivity contribution in [2.45, 2.75) is 19.3 Å². The van der Waals surface area contributed by atoms with Crippen LogP contribution in [0.4, 0.5) is 26.3 Å². The minimum atomic E-state index is -5.02. The van der Waals surface area contributed by atoms with Crippen molar-refractivity contribution in [3.8, 4) is 5.82 Å². The fraction of sp³-hybridized carbons (Fsp3) is 0.412. The van der Waals surface area contributed by atoms with Crippen molar-refractivity contribution in [2.24, 2.45) is 0 Å². The third-order valence-corrected chi connectivity index (χ3v) is 4.57. The Morgan fingerprint density at radius 3 is 1.97 bits per heavy atom. The zero-order chi connectivity index (χ0) is 22.3. The lowest BCUT2D eigenvalue weighted by atomic mass is 10.2. The van der Waals surface area contributed by atoms with Gasteiger partial charge in [-0.15, -0.1) is 0 Å². The maximum absolute atomic E-state index is 13.7. The van der Waals surface area contributed by atoms with Crippen LogP contribution in [0, 0.1) is 0 Å². The Bertz CT molecular complexity index is 943. The number of carbonyl (C=O) groups excluding carboxylic acids is 2. The van der Waals surface area contributed by atoms with Gasteiger partial charge in [-0.05, 0) is 12.1 Å². The molecule has 0 saturated carbocycles.